The fourth-order valence-electron chi connectivity index (χ4n) is 1.42. The van der Waals surface area contributed by atoms with Gasteiger partial charge in [0, 0.05) is 5.33 Å². The maximum absolute atomic E-state index is 5.08. The van der Waals surface area contributed by atoms with Crippen LogP contribution in [0.3, 0.4) is 0 Å². The third-order valence-electron chi connectivity index (χ3n) is 2.44. The zero-order valence-corrected chi connectivity index (χ0v) is 11.6. The van der Waals surface area contributed by atoms with Crippen LogP contribution in [0.25, 0.3) is 0 Å². The SMILES string of the molecule is COc1ccc(/N=N/c2ccc(CBr)cc2)cc1. The number of alkyl halides is 1. The molecule has 2 aromatic carbocycles. The van der Waals surface area contributed by atoms with E-state index in [1.54, 1.807) is 7.11 Å². The highest BCUT2D eigenvalue weighted by Crippen LogP contribution is 2.21. The molecule has 0 N–H and O–H groups in total. The highest BCUT2D eigenvalue weighted by molar-refractivity contribution is 9.08. The third-order valence-corrected chi connectivity index (χ3v) is 3.09. The van der Waals surface area contributed by atoms with Crippen LogP contribution in [0, 0.1) is 0 Å². The van der Waals surface area contributed by atoms with Gasteiger partial charge in [-0.3, -0.25) is 0 Å². The summed E-state index contributed by atoms with van der Waals surface area (Å²) in [6.07, 6.45) is 0. The van der Waals surface area contributed by atoms with Crippen LogP contribution < -0.4 is 4.74 Å². The fourth-order valence-corrected chi connectivity index (χ4v) is 1.79. The van der Waals surface area contributed by atoms with Crippen molar-refractivity contribution in [3.8, 4) is 5.75 Å². The second-order valence-corrected chi connectivity index (χ2v) is 4.26. The van der Waals surface area contributed by atoms with E-state index >= 15 is 0 Å². The van der Waals surface area contributed by atoms with Crippen LogP contribution in [0.15, 0.2) is 58.8 Å². The van der Waals surface area contributed by atoms with Crippen LogP contribution in [0.1, 0.15) is 5.56 Å². The van der Waals surface area contributed by atoms with Crippen LogP contribution >= 0.6 is 15.9 Å². The predicted molar refractivity (Wildman–Crippen MR) is 76.2 cm³/mol. The van der Waals surface area contributed by atoms with Crippen LogP contribution in [0.4, 0.5) is 11.4 Å². The van der Waals surface area contributed by atoms with Crippen molar-refractivity contribution in [1.29, 1.82) is 0 Å². The molecule has 4 heteroatoms. The summed E-state index contributed by atoms with van der Waals surface area (Å²) in [5.74, 6) is 0.815. The fraction of sp³-hybridized carbons (Fsp3) is 0.143. The topological polar surface area (TPSA) is 34.0 Å². The molecule has 0 unspecified atom stereocenters. The Hall–Kier alpha value is -1.68. The van der Waals surface area contributed by atoms with E-state index in [4.69, 9.17) is 4.74 Å². The quantitative estimate of drug-likeness (QED) is 0.577. The number of benzene rings is 2. The number of halogens is 1. The van der Waals surface area contributed by atoms with Crippen LogP contribution in [0.2, 0.25) is 0 Å². The zero-order valence-electron chi connectivity index (χ0n) is 10.0. The van der Waals surface area contributed by atoms with E-state index in [1.165, 1.54) is 5.56 Å². The van der Waals surface area contributed by atoms with Crippen molar-refractivity contribution < 1.29 is 4.74 Å². The molecule has 0 spiro atoms. The molecule has 0 atom stereocenters. The minimum Gasteiger partial charge on any atom is -0.497 e. The van der Waals surface area contributed by atoms with Gasteiger partial charge in [-0.2, -0.15) is 10.2 Å². The van der Waals surface area contributed by atoms with Gasteiger partial charge in [-0.1, -0.05) is 28.1 Å². The highest BCUT2D eigenvalue weighted by Gasteiger charge is 1.93. The number of nitrogens with zero attached hydrogens (tertiary/aromatic N) is 2. The molecule has 0 saturated carbocycles. The Labute approximate surface area is 115 Å². The van der Waals surface area contributed by atoms with E-state index < -0.39 is 0 Å². The molecule has 2 aromatic rings. The molecule has 0 radical (unpaired) electrons. The summed E-state index contributed by atoms with van der Waals surface area (Å²) in [5, 5.41) is 9.19. The molecular weight excluding hydrogens is 292 g/mol. The van der Waals surface area contributed by atoms with Gasteiger partial charge < -0.3 is 4.74 Å². The lowest BCUT2D eigenvalue weighted by molar-refractivity contribution is 0.415. The van der Waals surface area contributed by atoms with Gasteiger partial charge in [0.05, 0.1) is 18.5 Å². The first-order valence-electron chi connectivity index (χ1n) is 5.52. The monoisotopic (exact) mass is 304 g/mol. The summed E-state index contributed by atoms with van der Waals surface area (Å²) in [6.45, 7) is 0. The summed E-state index contributed by atoms with van der Waals surface area (Å²) in [4.78, 5) is 0. The van der Waals surface area contributed by atoms with Crippen molar-refractivity contribution in [2.45, 2.75) is 5.33 Å². The summed E-state index contributed by atoms with van der Waals surface area (Å²) < 4.78 is 5.08. The second-order valence-electron chi connectivity index (χ2n) is 3.70. The van der Waals surface area contributed by atoms with Crippen molar-refractivity contribution >= 4 is 27.3 Å². The Bertz CT molecular complexity index is 471. The first kappa shape index (κ1) is 12.8. The average Bonchev–Trinajstić information content (AvgIpc) is 2.46. The average molecular weight is 305 g/mol. The molecule has 0 aliphatic heterocycles. The van der Waals surface area contributed by atoms with Crippen molar-refractivity contribution in [2.24, 2.45) is 10.2 Å². The molecule has 0 bridgehead atoms. The Morgan fingerprint density at radius 2 is 1.39 bits per heavy atom. The van der Waals surface area contributed by atoms with E-state index in [1.807, 2.05) is 48.5 Å². The summed E-state index contributed by atoms with van der Waals surface area (Å²) in [5.41, 5.74) is 2.87. The van der Waals surface area contributed by atoms with E-state index in [9.17, 15) is 0 Å². The first-order chi connectivity index (χ1) is 8.81. The molecule has 0 aliphatic rings. The van der Waals surface area contributed by atoms with Crippen LogP contribution in [-0.2, 0) is 5.33 Å². The Kier molecular flexibility index (Phi) is 4.47. The number of ether oxygens (including phenoxy) is 1. The molecule has 0 fully saturated rings. The Balaban J connectivity index is 2.08. The van der Waals surface area contributed by atoms with Crippen molar-refractivity contribution in [3.63, 3.8) is 0 Å². The molecule has 92 valence electrons. The van der Waals surface area contributed by atoms with Crippen LogP contribution in [-0.4, -0.2) is 7.11 Å². The number of rotatable bonds is 4. The smallest absolute Gasteiger partial charge is 0.119 e. The minimum atomic E-state index is 0.806. The van der Waals surface area contributed by atoms with Gasteiger partial charge in [0.15, 0.2) is 0 Å². The van der Waals surface area contributed by atoms with Crippen molar-refractivity contribution in [1.82, 2.24) is 0 Å². The van der Waals surface area contributed by atoms with Crippen molar-refractivity contribution in [2.75, 3.05) is 7.11 Å². The van der Waals surface area contributed by atoms with Gasteiger partial charge in [-0.25, -0.2) is 0 Å². The number of methoxy groups -OCH3 is 1. The van der Waals surface area contributed by atoms with E-state index in [0.717, 1.165) is 22.5 Å². The predicted octanol–water partition coefficient (Wildman–Crippen LogP) is 5.01. The molecule has 0 heterocycles. The standard InChI is InChI=1S/C14H13BrN2O/c1-18-14-8-6-13(7-9-14)17-16-12-4-2-11(10-15)3-5-12/h2-9H,10H2,1H3/b17-16+. The lowest BCUT2D eigenvalue weighted by Crippen LogP contribution is -1.79. The molecule has 0 aliphatic carbocycles. The molecule has 18 heavy (non-hydrogen) atoms. The van der Waals surface area contributed by atoms with Crippen LogP contribution in [0.5, 0.6) is 5.75 Å². The lowest BCUT2D eigenvalue weighted by Gasteiger charge is -1.98. The lowest BCUT2D eigenvalue weighted by atomic mass is 10.2. The summed E-state index contributed by atoms with van der Waals surface area (Å²) in [7, 11) is 1.64. The zero-order chi connectivity index (χ0) is 12.8. The molecule has 0 aromatic heterocycles. The summed E-state index contributed by atoms with van der Waals surface area (Å²) >= 11 is 3.41. The number of hydrogen-bond donors (Lipinski definition) is 0. The van der Waals surface area contributed by atoms with Crippen molar-refractivity contribution in [3.05, 3.63) is 54.1 Å². The molecule has 0 amide bonds. The van der Waals surface area contributed by atoms with Gasteiger partial charge >= 0.3 is 0 Å². The van der Waals surface area contributed by atoms with E-state index in [0.29, 0.717) is 0 Å². The van der Waals surface area contributed by atoms with Gasteiger partial charge in [-0.05, 0) is 42.0 Å². The van der Waals surface area contributed by atoms with Gasteiger partial charge in [0.1, 0.15) is 5.75 Å². The molecule has 3 nitrogen and oxygen atoms in total. The minimum absolute atomic E-state index is 0.806. The van der Waals surface area contributed by atoms with Gasteiger partial charge in [-0.15, -0.1) is 0 Å². The van der Waals surface area contributed by atoms with Gasteiger partial charge in [0.25, 0.3) is 0 Å². The maximum atomic E-state index is 5.08. The molecule has 0 saturated heterocycles. The Morgan fingerprint density at radius 3 is 1.83 bits per heavy atom. The highest BCUT2D eigenvalue weighted by atomic mass is 79.9. The first-order valence-corrected chi connectivity index (χ1v) is 6.64. The number of azo groups is 1. The van der Waals surface area contributed by atoms with Gasteiger partial charge in [0.2, 0.25) is 0 Å². The largest absolute Gasteiger partial charge is 0.497 e. The normalized spacial score (nSPS) is 10.8. The maximum Gasteiger partial charge on any atom is 0.119 e. The number of hydrogen-bond acceptors (Lipinski definition) is 3. The molecule has 2 rings (SSSR count). The Morgan fingerprint density at radius 1 is 0.889 bits per heavy atom. The second kappa shape index (κ2) is 6.31. The molecular formula is C14H13BrN2O. The van der Waals surface area contributed by atoms with E-state index in [2.05, 4.69) is 26.2 Å². The van der Waals surface area contributed by atoms with E-state index in [-0.39, 0.29) is 0 Å². The summed E-state index contributed by atoms with van der Waals surface area (Å²) in [6, 6.07) is 15.4. The third kappa shape index (κ3) is 3.40.